The number of furan rings is 1. The molecule has 1 N–H and O–H groups in total. The molecular weight excluding hydrogens is 210 g/mol. The molecule has 88 valence electrons. The highest BCUT2D eigenvalue weighted by molar-refractivity contribution is 5.37. The highest BCUT2D eigenvalue weighted by Crippen LogP contribution is 2.31. The lowest BCUT2D eigenvalue weighted by Gasteiger charge is -2.13. The van der Waals surface area contributed by atoms with Crippen molar-refractivity contribution >= 4 is 0 Å². The first-order chi connectivity index (χ1) is 8.33. The fourth-order valence-electron chi connectivity index (χ4n) is 2.57. The van der Waals surface area contributed by atoms with Crippen LogP contribution in [-0.2, 0) is 13.0 Å². The molecule has 0 saturated carbocycles. The van der Waals surface area contributed by atoms with Crippen molar-refractivity contribution in [1.82, 2.24) is 5.32 Å². The Morgan fingerprint density at radius 1 is 1.35 bits per heavy atom. The average molecular weight is 227 g/mol. The van der Waals surface area contributed by atoms with Gasteiger partial charge in [-0.25, -0.2) is 0 Å². The summed E-state index contributed by atoms with van der Waals surface area (Å²) in [6.45, 7) is 2.97. The van der Waals surface area contributed by atoms with Gasteiger partial charge in [-0.1, -0.05) is 23.8 Å². The van der Waals surface area contributed by atoms with E-state index in [2.05, 4.69) is 30.4 Å². The lowest BCUT2D eigenvalue weighted by Crippen LogP contribution is -2.18. The topological polar surface area (TPSA) is 25.2 Å². The van der Waals surface area contributed by atoms with Crippen LogP contribution in [0.15, 0.2) is 41.0 Å². The quantitative estimate of drug-likeness (QED) is 0.869. The maximum Gasteiger partial charge on any atom is 0.117 e. The summed E-state index contributed by atoms with van der Waals surface area (Å²) in [5.41, 5.74) is 4.31. The van der Waals surface area contributed by atoms with Gasteiger partial charge >= 0.3 is 0 Å². The number of benzene rings is 1. The standard InChI is InChI=1S/C15H17NO/c1-11-4-5-12-6-7-15(14(12)9-11)16-10-13-3-2-8-17-13/h2-5,8-9,15-16H,6-7,10H2,1H3/t15-/m0/s1. The Bertz CT molecular complexity index is 502. The molecule has 0 aliphatic heterocycles. The highest BCUT2D eigenvalue weighted by atomic mass is 16.3. The molecule has 1 heterocycles. The second kappa shape index (κ2) is 4.38. The van der Waals surface area contributed by atoms with Gasteiger partial charge in [0.1, 0.15) is 5.76 Å². The molecule has 1 atom stereocenters. The van der Waals surface area contributed by atoms with Crippen LogP contribution in [0, 0.1) is 6.92 Å². The Balaban J connectivity index is 1.73. The van der Waals surface area contributed by atoms with Gasteiger partial charge in [-0.15, -0.1) is 0 Å². The summed E-state index contributed by atoms with van der Waals surface area (Å²) >= 11 is 0. The molecule has 0 saturated heterocycles. The van der Waals surface area contributed by atoms with E-state index in [9.17, 15) is 0 Å². The van der Waals surface area contributed by atoms with Crippen LogP contribution < -0.4 is 5.32 Å². The first-order valence-electron chi connectivity index (χ1n) is 6.18. The van der Waals surface area contributed by atoms with Crippen LogP contribution >= 0.6 is 0 Å². The van der Waals surface area contributed by atoms with E-state index in [0.29, 0.717) is 6.04 Å². The number of fused-ring (bicyclic) bond motifs is 1. The molecule has 0 unspecified atom stereocenters. The fraction of sp³-hybridized carbons (Fsp3) is 0.333. The minimum absolute atomic E-state index is 0.481. The van der Waals surface area contributed by atoms with Gasteiger partial charge in [-0.2, -0.15) is 0 Å². The predicted octanol–water partition coefficient (Wildman–Crippen LogP) is 3.37. The van der Waals surface area contributed by atoms with Crippen LogP contribution in [0.4, 0.5) is 0 Å². The van der Waals surface area contributed by atoms with Crippen molar-refractivity contribution in [2.45, 2.75) is 32.4 Å². The van der Waals surface area contributed by atoms with Gasteiger partial charge in [0.2, 0.25) is 0 Å². The zero-order chi connectivity index (χ0) is 11.7. The van der Waals surface area contributed by atoms with Crippen molar-refractivity contribution in [1.29, 1.82) is 0 Å². The zero-order valence-corrected chi connectivity index (χ0v) is 10.1. The smallest absolute Gasteiger partial charge is 0.117 e. The molecule has 1 aromatic heterocycles. The molecule has 17 heavy (non-hydrogen) atoms. The summed E-state index contributed by atoms with van der Waals surface area (Å²) in [6, 6.07) is 11.2. The predicted molar refractivity (Wildman–Crippen MR) is 67.8 cm³/mol. The van der Waals surface area contributed by atoms with Gasteiger partial charge in [0.05, 0.1) is 12.8 Å². The summed E-state index contributed by atoms with van der Waals surface area (Å²) < 4.78 is 5.34. The molecule has 1 aromatic carbocycles. The van der Waals surface area contributed by atoms with Crippen molar-refractivity contribution in [3.8, 4) is 0 Å². The van der Waals surface area contributed by atoms with Crippen molar-refractivity contribution < 1.29 is 4.42 Å². The first kappa shape index (κ1) is 10.6. The second-order valence-electron chi connectivity index (χ2n) is 4.75. The van der Waals surface area contributed by atoms with E-state index in [1.807, 2.05) is 12.1 Å². The third-order valence-electron chi connectivity index (χ3n) is 3.48. The average Bonchev–Trinajstić information content (AvgIpc) is 2.94. The van der Waals surface area contributed by atoms with Crippen molar-refractivity contribution in [3.63, 3.8) is 0 Å². The van der Waals surface area contributed by atoms with E-state index in [-0.39, 0.29) is 0 Å². The van der Waals surface area contributed by atoms with Crippen LogP contribution in [0.3, 0.4) is 0 Å². The van der Waals surface area contributed by atoms with Crippen molar-refractivity contribution in [2.75, 3.05) is 0 Å². The van der Waals surface area contributed by atoms with Gasteiger partial charge in [0, 0.05) is 6.04 Å². The van der Waals surface area contributed by atoms with Gasteiger partial charge in [-0.05, 0) is 43.0 Å². The van der Waals surface area contributed by atoms with E-state index >= 15 is 0 Å². The molecule has 3 rings (SSSR count). The molecule has 0 bridgehead atoms. The van der Waals surface area contributed by atoms with Crippen LogP contribution in [0.5, 0.6) is 0 Å². The summed E-state index contributed by atoms with van der Waals surface area (Å²) in [6.07, 6.45) is 4.11. The van der Waals surface area contributed by atoms with Crippen LogP contribution in [0.25, 0.3) is 0 Å². The molecular formula is C15H17NO. The normalized spacial score (nSPS) is 18.3. The largest absolute Gasteiger partial charge is 0.468 e. The number of rotatable bonds is 3. The summed E-state index contributed by atoms with van der Waals surface area (Å²) in [7, 11) is 0. The van der Waals surface area contributed by atoms with Gasteiger partial charge < -0.3 is 9.73 Å². The molecule has 0 amide bonds. The zero-order valence-electron chi connectivity index (χ0n) is 10.1. The van der Waals surface area contributed by atoms with E-state index in [0.717, 1.165) is 12.3 Å². The molecule has 1 aliphatic rings. The number of hydrogen-bond donors (Lipinski definition) is 1. The molecule has 0 fully saturated rings. The highest BCUT2D eigenvalue weighted by Gasteiger charge is 2.21. The Morgan fingerprint density at radius 2 is 2.29 bits per heavy atom. The third kappa shape index (κ3) is 2.13. The lowest BCUT2D eigenvalue weighted by molar-refractivity contribution is 0.448. The summed E-state index contributed by atoms with van der Waals surface area (Å²) in [4.78, 5) is 0. The second-order valence-corrected chi connectivity index (χ2v) is 4.75. The minimum atomic E-state index is 0.481. The van der Waals surface area contributed by atoms with Crippen molar-refractivity contribution in [3.05, 3.63) is 59.0 Å². The van der Waals surface area contributed by atoms with Gasteiger partial charge in [-0.3, -0.25) is 0 Å². The molecule has 2 nitrogen and oxygen atoms in total. The van der Waals surface area contributed by atoms with E-state index in [4.69, 9.17) is 4.42 Å². The minimum Gasteiger partial charge on any atom is -0.468 e. The van der Waals surface area contributed by atoms with Gasteiger partial charge in [0.15, 0.2) is 0 Å². The Kier molecular flexibility index (Phi) is 2.73. The maximum absolute atomic E-state index is 5.34. The molecule has 2 aromatic rings. The molecule has 0 radical (unpaired) electrons. The summed E-state index contributed by atoms with van der Waals surface area (Å²) in [5.74, 6) is 1.01. The Hall–Kier alpha value is -1.54. The van der Waals surface area contributed by atoms with Crippen molar-refractivity contribution in [2.24, 2.45) is 0 Å². The lowest BCUT2D eigenvalue weighted by atomic mass is 10.1. The molecule has 1 aliphatic carbocycles. The third-order valence-corrected chi connectivity index (χ3v) is 3.48. The SMILES string of the molecule is Cc1ccc2c(c1)[C@@H](NCc1ccco1)CC2. The molecule has 0 spiro atoms. The van der Waals surface area contributed by atoms with Crippen LogP contribution in [0.2, 0.25) is 0 Å². The Labute approximate surface area is 102 Å². The van der Waals surface area contributed by atoms with Gasteiger partial charge in [0.25, 0.3) is 0 Å². The summed E-state index contributed by atoms with van der Waals surface area (Å²) in [5, 5.41) is 3.57. The molecule has 2 heteroatoms. The monoisotopic (exact) mass is 227 g/mol. The number of aryl methyl sites for hydroxylation is 2. The van der Waals surface area contributed by atoms with Crippen LogP contribution in [0.1, 0.15) is 34.9 Å². The van der Waals surface area contributed by atoms with E-state index < -0.39 is 0 Å². The van der Waals surface area contributed by atoms with E-state index in [1.165, 1.54) is 29.5 Å². The number of nitrogens with one attached hydrogen (secondary N) is 1. The van der Waals surface area contributed by atoms with E-state index in [1.54, 1.807) is 6.26 Å². The Morgan fingerprint density at radius 3 is 3.12 bits per heavy atom. The maximum atomic E-state index is 5.34. The van der Waals surface area contributed by atoms with Crippen LogP contribution in [-0.4, -0.2) is 0 Å². The first-order valence-corrected chi connectivity index (χ1v) is 6.18. The number of hydrogen-bond acceptors (Lipinski definition) is 2. The fourth-order valence-corrected chi connectivity index (χ4v) is 2.57.